The van der Waals surface area contributed by atoms with Crippen LogP contribution in [0.25, 0.3) is 0 Å². The third-order valence-corrected chi connectivity index (χ3v) is 4.26. The molecule has 108 valence electrons. The van der Waals surface area contributed by atoms with Crippen molar-refractivity contribution in [3.8, 4) is 11.5 Å². The summed E-state index contributed by atoms with van der Waals surface area (Å²) < 4.78 is 11.5. The Morgan fingerprint density at radius 1 is 1.24 bits per heavy atom. The van der Waals surface area contributed by atoms with Crippen molar-refractivity contribution < 1.29 is 14.3 Å². The van der Waals surface area contributed by atoms with Crippen LogP contribution in [0.1, 0.15) is 21.5 Å². The van der Waals surface area contributed by atoms with Crippen molar-refractivity contribution in [2.24, 2.45) is 0 Å². The summed E-state index contributed by atoms with van der Waals surface area (Å²) in [7, 11) is 0. The zero-order valence-corrected chi connectivity index (χ0v) is 13.1. The number of hydrogen-bond acceptors (Lipinski definition) is 3. The van der Waals surface area contributed by atoms with Crippen LogP contribution in [-0.2, 0) is 6.54 Å². The fourth-order valence-corrected chi connectivity index (χ4v) is 2.55. The fraction of sp³-hybridized carbons (Fsp3) is 0.188. The highest BCUT2D eigenvalue weighted by atomic mass is 79.9. The van der Waals surface area contributed by atoms with E-state index < -0.39 is 0 Å². The van der Waals surface area contributed by atoms with E-state index in [9.17, 15) is 4.79 Å². The van der Waals surface area contributed by atoms with Crippen LogP contribution >= 0.6 is 15.9 Å². The SMILES string of the molecule is Cc1c(Br)cccc1C(=O)NCc1ccc2c(c1)OCO2. The third kappa shape index (κ3) is 2.88. The van der Waals surface area contributed by atoms with E-state index in [2.05, 4.69) is 21.2 Å². The Morgan fingerprint density at radius 3 is 2.90 bits per heavy atom. The van der Waals surface area contributed by atoms with Crippen molar-refractivity contribution in [1.29, 1.82) is 0 Å². The topological polar surface area (TPSA) is 47.6 Å². The predicted molar refractivity (Wildman–Crippen MR) is 82.6 cm³/mol. The first-order chi connectivity index (χ1) is 10.1. The summed E-state index contributed by atoms with van der Waals surface area (Å²) in [4.78, 5) is 12.2. The zero-order chi connectivity index (χ0) is 14.8. The molecule has 0 aliphatic carbocycles. The average Bonchev–Trinajstić information content (AvgIpc) is 2.95. The van der Waals surface area contributed by atoms with Gasteiger partial charge in [0.2, 0.25) is 6.79 Å². The Hall–Kier alpha value is -2.01. The summed E-state index contributed by atoms with van der Waals surface area (Å²) in [6, 6.07) is 11.2. The maximum absolute atomic E-state index is 12.2. The van der Waals surface area contributed by atoms with Crippen LogP contribution in [0.3, 0.4) is 0 Å². The molecular weight excluding hydrogens is 334 g/mol. The standard InChI is InChI=1S/C16H14BrNO3/c1-10-12(3-2-4-13(10)17)16(19)18-8-11-5-6-14-15(7-11)21-9-20-14/h2-7H,8-9H2,1H3,(H,18,19). The van der Waals surface area contributed by atoms with Crippen LogP contribution < -0.4 is 14.8 Å². The molecule has 1 heterocycles. The summed E-state index contributed by atoms with van der Waals surface area (Å²) in [6.07, 6.45) is 0. The van der Waals surface area contributed by atoms with Gasteiger partial charge >= 0.3 is 0 Å². The number of hydrogen-bond donors (Lipinski definition) is 1. The van der Waals surface area contributed by atoms with E-state index in [-0.39, 0.29) is 12.7 Å². The van der Waals surface area contributed by atoms with Crippen molar-refractivity contribution in [3.63, 3.8) is 0 Å². The van der Waals surface area contributed by atoms with E-state index >= 15 is 0 Å². The number of fused-ring (bicyclic) bond motifs is 1. The van der Waals surface area contributed by atoms with Gasteiger partial charge in [-0.2, -0.15) is 0 Å². The molecule has 2 aromatic carbocycles. The predicted octanol–water partition coefficient (Wildman–Crippen LogP) is 3.42. The highest BCUT2D eigenvalue weighted by Crippen LogP contribution is 2.32. The lowest BCUT2D eigenvalue weighted by Crippen LogP contribution is -2.23. The molecule has 1 N–H and O–H groups in total. The number of halogens is 1. The largest absolute Gasteiger partial charge is 0.454 e. The second kappa shape index (κ2) is 5.77. The molecule has 0 spiro atoms. The zero-order valence-electron chi connectivity index (χ0n) is 11.5. The van der Waals surface area contributed by atoms with Gasteiger partial charge in [0, 0.05) is 16.6 Å². The maximum atomic E-state index is 12.2. The molecule has 5 heteroatoms. The maximum Gasteiger partial charge on any atom is 0.251 e. The lowest BCUT2D eigenvalue weighted by Gasteiger charge is -2.09. The Balaban J connectivity index is 1.70. The number of amides is 1. The highest BCUT2D eigenvalue weighted by Gasteiger charge is 2.14. The minimum absolute atomic E-state index is 0.0912. The normalized spacial score (nSPS) is 12.3. The van der Waals surface area contributed by atoms with Gasteiger partial charge < -0.3 is 14.8 Å². The van der Waals surface area contributed by atoms with E-state index in [1.54, 1.807) is 0 Å². The number of carbonyl (C=O) groups excluding carboxylic acids is 1. The minimum atomic E-state index is -0.0912. The molecule has 0 saturated heterocycles. The average molecular weight is 348 g/mol. The van der Waals surface area contributed by atoms with Crippen molar-refractivity contribution in [2.75, 3.05) is 6.79 Å². The fourth-order valence-electron chi connectivity index (χ4n) is 2.18. The molecule has 21 heavy (non-hydrogen) atoms. The van der Waals surface area contributed by atoms with Gasteiger partial charge in [0.1, 0.15) is 0 Å². The summed E-state index contributed by atoms with van der Waals surface area (Å²) in [5, 5.41) is 2.92. The number of carbonyl (C=O) groups is 1. The first-order valence-corrected chi connectivity index (χ1v) is 7.36. The Morgan fingerprint density at radius 2 is 2.05 bits per heavy atom. The second-order valence-corrected chi connectivity index (χ2v) is 5.64. The van der Waals surface area contributed by atoms with Crippen molar-refractivity contribution in [3.05, 3.63) is 57.6 Å². The molecule has 1 amide bonds. The number of benzene rings is 2. The molecule has 1 aliphatic rings. The van der Waals surface area contributed by atoms with Gasteiger partial charge in [0.25, 0.3) is 5.91 Å². The van der Waals surface area contributed by atoms with E-state index in [1.165, 1.54) is 0 Å². The number of ether oxygens (including phenoxy) is 2. The van der Waals surface area contributed by atoms with Crippen LogP contribution in [0.15, 0.2) is 40.9 Å². The molecule has 0 bridgehead atoms. The first kappa shape index (κ1) is 13.9. The molecule has 0 unspecified atom stereocenters. The minimum Gasteiger partial charge on any atom is -0.454 e. The summed E-state index contributed by atoms with van der Waals surface area (Å²) in [5.74, 6) is 1.37. The van der Waals surface area contributed by atoms with Crippen LogP contribution in [0.5, 0.6) is 11.5 Å². The van der Waals surface area contributed by atoms with Gasteiger partial charge in [-0.25, -0.2) is 0 Å². The first-order valence-electron chi connectivity index (χ1n) is 6.57. The van der Waals surface area contributed by atoms with E-state index in [1.807, 2.05) is 43.3 Å². The van der Waals surface area contributed by atoms with Crippen molar-refractivity contribution >= 4 is 21.8 Å². The Labute approximate surface area is 131 Å². The molecular formula is C16H14BrNO3. The van der Waals surface area contributed by atoms with Gasteiger partial charge in [-0.15, -0.1) is 0 Å². The second-order valence-electron chi connectivity index (χ2n) is 4.78. The van der Waals surface area contributed by atoms with E-state index in [4.69, 9.17) is 9.47 Å². The Kier molecular flexibility index (Phi) is 3.84. The van der Waals surface area contributed by atoms with Gasteiger partial charge in [0.05, 0.1) is 0 Å². The molecule has 4 nitrogen and oxygen atoms in total. The van der Waals surface area contributed by atoms with Crippen molar-refractivity contribution in [2.45, 2.75) is 13.5 Å². The molecule has 0 radical (unpaired) electrons. The quantitative estimate of drug-likeness (QED) is 0.925. The van der Waals surface area contributed by atoms with E-state index in [0.29, 0.717) is 12.1 Å². The molecule has 1 aliphatic heterocycles. The summed E-state index contributed by atoms with van der Waals surface area (Å²) >= 11 is 3.43. The van der Waals surface area contributed by atoms with Gasteiger partial charge in [0.15, 0.2) is 11.5 Å². The van der Waals surface area contributed by atoms with Crippen LogP contribution in [-0.4, -0.2) is 12.7 Å². The van der Waals surface area contributed by atoms with Gasteiger partial charge in [-0.3, -0.25) is 4.79 Å². The van der Waals surface area contributed by atoms with E-state index in [0.717, 1.165) is 27.1 Å². The summed E-state index contributed by atoms with van der Waals surface area (Å²) in [6.45, 7) is 2.61. The van der Waals surface area contributed by atoms with Gasteiger partial charge in [-0.05, 0) is 42.3 Å². The molecule has 0 aromatic heterocycles. The molecule has 0 atom stereocenters. The smallest absolute Gasteiger partial charge is 0.251 e. The molecule has 3 rings (SSSR count). The lowest BCUT2D eigenvalue weighted by atomic mass is 10.1. The molecule has 2 aromatic rings. The van der Waals surface area contributed by atoms with Crippen molar-refractivity contribution in [1.82, 2.24) is 5.32 Å². The monoisotopic (exact) mass is 347 g/mol. The number of rotatable bonds is 3. The molecule has 0 saturated carbocycles. The Bertz CT molecular complexity index is 700. The van der Waals surface area contributed by atoms with Crippen LogP contribution in [0.2, 0.25) is 0 Å². The lowest BCUT2D eigenvalue weighted by molar-refractivity contribution is 0.0950. The van der Waals surface area contributed by atoms with Gasteiger partial charge in [-0.1, -0.05) is 28.1 Å². The number of nitrogens with one attached hydrogen (secondary N) is 1. The van der Waals surface area contributed by atoms with Crippen LogP contribution in [0, 0.1) is 6.92 Å². The summed E-state index contributed by atoms with van der Waals surface area (Å²) in [5.41, 5.74) is 2.58. The highest BCUT2D eigenvalue weighted by molar-refractivity contribution is 9.10. The molecule has 0 fully saturated rings. The third-order valence-electron chi connectivity index (χ3n) is 3.40. The van der Waals surface area contributed by atoms with Crippen LogP contribution in [0.4, 0.5) is 0 Å².